The summed E-state index contributed by atoms with van der Waals surface area (Å²) in [6.45, 7) is 1.84. The highest BCUT2D eigenvalue weighted by atomic mass is 32.2. The third-order valence-corrected chi connectivity index (χ3v) is 7.21. The number of esters is 1. The highest BCUT2D eigenvalue weighted by Crippen LogP contribution is 2.22. The van der Waals surface area contributed by atoms with Crippen LogP contribution in [0.5, 0.6) is 0 Å². The Morgan fingerprint density at radius 3 is 2.32 bits per heavy atom. The van der Waals surface area contributed by atoms with Crippen molar-refractivity contribution in [1.29, 1.82) is 0 Å². The molecule has 31 heavy (non-hydrogen) atoms. The van der Waals surface area contributed by atoms with Gasteiger partial charge in [-0.05, 0) is 54.8 Å². The number of hydrogen-bond donors (Lipinski definition) is 1. The minimum absolute atomic E-state index is 0.0390. The van der Waals surface area contributed by atoms with E-state index in [4.69, 9.17) is 4.74 Å². The molecule has 0 saturated carbocycles. The fourth-order valence-corrected chi connectivity index (χ4v) is 4.55. The fraction of sp³-hybridized carbons (Fsp3) is 0.182. The molecule has 0 aliphatic carbocycles. The second kappa shape index (κ2) is 9.76. The number of benzene rings is 2. The van der Waals surface area contributed by atoms with Crippen LogP contribution >= 0.6 is 11.3 Å². The zero-order valence-corrected chi connectivity index (χ0v) is 18.7. The number of anilines is 1. The number of thiophene rings is 1. The molecule has 0 unspecified atom stereocenters. The van der Waals surface area contributed by atoms with Crippen LogP contribution in [0.2, 0.25) is 0 Å². The first kappa shape index (κ1) is 22.5. The summed E-state index contributed by atoms with van der Waals surface area (Å²) in [6.07, 6.45) is -0.986. The molecule has 0 radical (unpaired) electrons. The second-order valence-corrected chi connectivity index (χ2v) is 9.68. The molecule has 1 amide bonds. The molecule has 1 N–H and O–H groups in total. The Bertz CT molecular complexity index is 1130. The van der Waals surface area contributed by atoms with E-state index >= 15 is 0 Å². The summed E-state index contributed by atoms with van der Waals surface area (Å²) in [5, 5.41) is 4.62. The minimum Gasteiger partial charge on any atom is -0.449 e. The monoisotopic (exact) mass is 458 g/mol. The third kappa shape index (κ3) is 5.50. The van der Waals surface area contributed by atoms with Gasteiger partial charge in [0.2, 0.25) is 0 Å². The van der Waals surface area contributed by atoms with E-state index in [2.05, 4.69) is 5.32 Å². The Balaban J connectivity index is 1.62. The Kier molecular flexibility index (Phi) is 7.09. The summed E-state index contributed by atoms with van der Waals surface area (Å²) >= 11 is 1.52. The van der Waals surface area contributed by atoms with Crippen molar-refractivity contribution in [2.24, 2.45) is 0 Å². The zero-order valence-electron chi connectivity index (χ0n) is 17.0. The van der Waals surface area contributed by atoms with Crippen LogP contribution in [0.25, 0.3) is 0 Å². The summed E-state index contributed by atoms with van der Waals surface area (Å²) in [6, 6.07) is 17.9. The Labute approximate surface area is 185 Å². The smallest absolute Gasteiger partial charge is 0.338 e. The van der Waals surface area contributed by atoms with Crippen LogP contribution in [-0.4, -0.2) is 33.4 Å². The number of nitrogens with one attached hydrogen (secondary N) is 1. The maximum absolute atomic E-state index is 12.8. The maximum atomic E-state index is 12.8. The van der Waals surface area contributed by atoms with Gasteiger partial charge in [0.1, 0.15) is 0 Å². The van der Waals surface area contributed by atoms with Gasteiger partial charge in [0.05, 0.1) is 22.7 Å². The first-order chi connectivity index (χ1) is 14.8. The van der Waals surface area contributed by atoms with Crippen LogP contribution < -0.4 is 9.62 Å². The molecule has 0 spiro atoms. The van der Waals surface area contributed by atoms with E-state index < -0.39 is 28.0 Å². The van der Waals surface area contributed by atoms with E-state index in [0.717, 1.165) is 4.88 Å². The summed E-state index contributed by atoms with van der Waals surface area (Å²) in [5.41, 5.74) is 0.674. The molecule has 0 aliphatic rings. The molecule has 3 rings (SSSR count). The molecule has 1 heterocycles. The van der Waals surface area contributed by atoms with Crippen LogP contribution in [0.15, 0.2) is 77.0 Å². The van der Waals surface area contributed by atoms with Crippen LogP contribution in [0, 0.1) is 0 Å². The van der Waals surface area contributed by atoms with Gasteiger partial charge in [-0.25, -0.2) is 13.2 Å². The number of hydrogen-bond acceptors (Lipinski definition) is 6. The number of para-hydroxylation sites is 1. The van der Waals surface area contributed by atoms with Gasteiger partial charge >= 0.3 is 5.97 Å². The lowest BCUT2D eigenvalue weighted by Gasteiger charge is -2.19. The summed E-state index contributed by atoms with van der Waals surface area (Å²) < 4.78 is 32.0. The lowest BCUT2D eigenvalue weighted by Crippen LogP contribution is -2.35. The molecule has 7 nitrogen and oxygen atoms in total. The molecule has 2 aromatic carbocycles. The number of amides is 1. The van der Waals surface area contributed by atoms with Gasteiger partial charge in [-0.15, -0.1) is 11.3 Å². The van der Waals surface area contributed by atoms with Crippen molar-refractivity contribution in [2.45, 2.75) is 24.5 Å². The van der Waals surface area contributed by atoms with Crippen molar-refractivity contribution < 1.29 is 22.7 Å². The lowest BCUT2D eigenvalue weighted by atomic mass is 10.2. The van der Waals surface area contributed by atoms with Gasteiger partial charge in [0, 0.05) is 11.9 Å². The summed E-state index contributed by atoms with van der Waals surface area (Å²) in [4.78, 5) is 25.5. The van der Waals surface area contributed by atoms with E-state index in [9.17, 15) is 18.0 Å². The molecular weight excluding hydrogens is 436 g/mol. The largest absolute Gasteiger partial charge is 0.449 e. The van der Waals surface area contributed by atoms with Crippen molar-refractivity contribution in [2.75, 3.05) is 11.4 Å². The molecule has 0 saturated heterocycles. The normalized spacial score (nSPS) is 12.1. The van der Waals surface area contributed by atoms with Crippen LogP contribution in [0.1, 0.15) is 22.2 Å². The van der Waals surface area contributed by atoms with E-state index in [0.29, 0.717) is 12.2 Å². The topological polar surface area (TPSA) is 92.8 Å². The number of ether oxygens (including phenoxy) is 1. The van der Waals surface area contributed by atoms with Crippen molar-refractivity contribution in [3.63, 3.8) is 0 Å². The zero-order chi connectivity index (χ0) is 22.4. The first-order valence-corrected chi connectivity index (χ1v) is 11.8. The minimum atomic E-state index is -3.78. The Morgan fingerprint density at radius 1 is 1.03 bits per heavy atom. The lowest BCUT2D eigenvalue weighted by molar-refractivity contribution is -0.129. The number of carbonyl (C=O) groups is 2. The molecule has 0 aliphatic heterocycles. The van der Waals surface area contributed by atoms with E-state index in [-0.39, 0.29) is 10.5 Å². The molecular formula is C22H22N2O5S2. The highest BCUT2D eigenvalue weighted by Gasteiger charge is 2.23. The second-order valence-electron chi connectivity index (χ2n) is 6.68. The Morgan fingerprint density at radius 2 is 1.71 bits per heavy atom. The first-order valence-electron chi connectivity index (χ1n) is 9.44. The number of rotatable bonds is 8. The maximum Gasteiger partial charge on any atom is 0.338 e. The van der Waals surface area contributed by atoms with Gasteiger partial charge in [0.15, 0.2) is 6.10 Å². The predicted octanol–water partition coefficient (Wildman–Crippen LogP) is 3.43. The van der Waals surface area contributed by atoms with Crippen molar-refractivity contribution in [3.8, 4) is 0 Å². The van der Waals surface area contributed by atoms with Gasteiger partial charge in [0.25, 0.3) is 15.9 Å². The highest BCUT2D eigenvalue weighted by molar-refractivity contribution is 7.92. The predicted molar refractivity (Wildman–Crippen MR) is 120 cm³/mol. The SMILES string of the molecule is C[C@@H](OC(=O)c1ccc(S(=O)(=O)N(C)c2ccccc2)cc1)C(=O)NCc1cccs1. The van der Waals surface area contributed by atoms with E-state index in [1.807, 2.05) is 17.5 Å². The van der Waals surface area contributed by atoms with Gasteiger partial charge in [-0.3, -0.25) is 9.10 Å². The van der Waals surface area contributed by atoms with Gasteiger partial charge < -0.3 is 10.1 Å². The number of carbonyl (C=O) groups excluding carboxylic acids is 2. The quantitative estimate of drug-likeness (QED) is 0.522. The van der Waals surface area contributed by atoms with Crippen LogP contribution in [-0.2, 0) is 26.1 Å². The Hall–Kier alpha value is -3.17. The van der Waals surface area contributed by atoms with Crippen molar-refractivity contribution >= 4 is 38.9 Å². The number of sulfonamides is 1. The standard InChI is InChI=1S/C22H22N2O5S2/c1-16(21(25)23-15-19-9-6-14-30-19)29-22(26)17-10-12-20(13-11-17)31(27,28)24(2)18-7-4-3-5-8-18/h3-14,16H,15H2,1-2H3,(H,23,25)/t16-/m1/s1. The van der Waals surface area contributed by atoms with E-state index in [1.54, 1.807) is 30.3 Å². The van der Waals surface area contributed by atoms with Crippen LogP contribution in [0.4, 0.5) is 5.69 Å². The molecule has 1 atom stereocenters. The number of nitrogens with zero attached hydrogens (tertiary/aromatic N) is 1. The van der Waals surface area contributed by atoms with Crippen molar-refractivity contribution in [3.05, 3.63) is 82.6 Å². The molecule has 9 heteroatoms. The average molecular weight is 459 g/mol. The molecule has 162 valence electrons. The van der Waals surface area contributed by atoms with E-state index in [1.165, 1.54) is 53.9 Å². The molecule has 0 fully saturated rings. The molecule has 0 bridgehead atoms. The fourth-order valence-electron chi connectivity index (χ4n) is 2.71. The molecule has 3 aromatic rings. The summed E-state index contributed by atoms with van der Waals surface area (Å²) in [5.74, 6) is -1.12. The van der Waals surface area contributed by atoms with Crippen molar-refractivity contribution in [1.82, 2.24) is 5.32 Å². The average Bonchev–Trinajstić information content (AvgIpc) is 3.31. The summed E-state index contributed by atoms with van der Waals surface area (Å²) in [7, 11) is -2.32. The van der Waals surface area contributed by atoms with Crippen LogP contribution in [0.3, 0.4) is 0 Å². The van der Waals surface area contributed by atoms with Gasteiger partial charge in [-0.2, -0.15) is 0 Å². The third-order valence-electron chi connectivity index (χ3n) is 4.54. The van der Waals surface area contributed by atoms with Gasteiger partial charge in [-0.1, -0.05) is 24.3 Å². The molecule has 1 aromatic heterocycles.